The Hall–Kier alpha value is -2.34. The molecule has 2 aromatic rings. The second kappa shape index (κ2) is 7.35. The predicted molar refractivity (Wildman–Crippen MR) is 108 cm³/mol. The number of anilines is 2. The number of rotatable bonds is 3. The van der Waals surface area contributed by atoms with Gasteiger partial charge in [0.2, 0.25) is 11.8 Å². The molecule has 0 spiro atoms. The van der Waals surface area contributed by atoms with Crippen LogP contribution in [0.4, 0.5) is 15.8 Å². The summed E-state index contributed by atoms with van der Waals surface area (Å²) in [5.74, 6) is -0.0742. The van der Waals surface area contributed by atoms with Gasteiger partial charge in [-0.05, 0) is 42.3 Å². The lowest BCUT2D eigenvalue weighted by Gasteiger charge is -2.25. The average molecular weight is 386 g/mol. The standard InChI is InChI=1S/C21H23FN2O2S/c1-13-5-10-16(11-17(13)22)24-18(25)12-27-19(24)14-6-8-15(9-7-14)23-20(26)21(2,3)4/h5-11,19H,12H2,1-4H3,(H,23,26). The number of halogens is 1. The molecule has 1 aliphatic heterocycles. The number of amides is 2. The molecule has 3 rings (SSSR count). The number of thioether (sulfide) groups is 1. The maximum atomic E-state index is 14.0. The number of benzene rings is 2. The van der Waals surface area contributed by atoms with Crippen LogP contribution in [0.3, 0.4) is 0 Å². The van der Waals surface area contributed by atoms with E-state index in [9.17, 15) is 14.0 Å². The number of nitrogens with zero attached hydrogens (tertiary/aromatic N) is 1. The number of hydrogen-bond acceptors (Lipinski definition) is 3. The lowest BCUT2D eigenvalue weighted by Crippen LogP contribution is -2.28. The van der Waals surface area contributed by atoms with Gasteiger partial charge >= 0.3 is 0 Å². The zero-order chi connectivity index (χ0) is 19.8. The van der Waals surface area contributed by atoms with E-state index in [0.29, 0.717) is 22.7 Å². The minimum Gasteiger partial charge on any atom is -0.326 e. The molecule has 1 saturated heterocycles. The molecule has 2 amide bonds. The molecule has 27 heavy (non-hydrogen) atoms. The Morgan fingerprint density at radius 2 is 1.85 bits per heavy atom. The number of carbonyl (C=O) groups excluding carboxylic acids is 2. The fourth-order valence-corrected chi connectivity index (χ4v) is 3.91. The molecule has 0 aromatic heterocycles. The second-order valence-corrected chi connectivity index (χ2v) is 8.76. The summed E-state index contributed by atoms with van der Waals surface area (Å²) in [6.45, 7) is 7.27. The molecular weight excluding hydrogens is 363 g/mol. The first kappa shape index (κ1) is 19.4. The van der Waals surface area contributed by atoms with E-state index in [1.807, 2.05) is 45.0 Å². The Kier molecular flexibility index (Phi) is 5.29. The molecule has 4 nitrogen and oxygen atoms in total. The summed E-state index contributed by atoms with van der Waals surface area (Å²) in [4.78, 5) is 26.1. The molecule has 142 valence electrons. The summed E-state index contributed by atoms with van der Waals surface area (Å²) in [7, 11) is 0. The van der Waals surface area contributed by atoms with E-state index in [1.165, 1.54) is 17.8 Å². The molecule has 0 aliphatic carbocycles. The smallest absolute Gasteiger partial charge is 0.238 e. The van der Waals surface area contributed by atoms with E-state index in [4.69, 9.17) is 0 Å². The van der Waals surface area contributed by atoms with E-state index >= 15 is 0 Å². The third-order valence-corrected chi connectivity index (χ3v) is 5.65. The Bertz CT molecular complexity index is 875. The van der Waals surface area contributed by atoms with Gasteiger partial charge < -0.3 is 5.32 Å². The van der Waals surface area contributed by atoms with E-state index < -0.39 is 5.41 Å². The van der Waals surface area contributed by atoms with Crippen molar-refractivity contribution in [2.24, 2.45) is 5.41 Å². The van der Waals surface area contributed by atoms with Gasteiger partial charge in [0.1, 0.15) is 11.2 Å². The van der Waals surface area contributed by atoms with E-state index in [-0.39, 0.29) is 23.0 Å². The third kappa shape index (κ3) is 4.16. The van der Waals surface area contributed by atoms with Gasteiger partial charge in [-0.25, -0.2) is 4.39 Å². The van der Waals surface area contributed by atoms with Gasteiger partial charge in [-0.1, -0.05) is 39.0 Å². The van der Waals surface area contributed by atoms with Crippen LogP contribution in [-0.2, 0) is 9.59 Å². The topological polar surface area (TPSA) is 49.4 Å². The van der Waals surface area contributed by atoms with E-state index in [1.54, 1.807) is 24.0 Å². The average Bonchev–Trinajstić information content (AvgIpc) is 2.99. The van der Waals surface area contributed by atoms with Crippen LogP contribution in [-0.4, -0.2) is 17.6 Å². The lowest BCUT2D eigenvalue weighted by molar-refractivity contribution is -0.123. The van der Waals surface area contributed by atoms with Crippen LogP contribution in [0.1, 0.15) is 37.3 Å². The molecular formula is C21H23FN2O2S. The highest BCUT2D eigenvalue weighted by Crippen LogP contribution is 2.42. The van der Waals surface area contributed by atoms with Crippen molar-refractivity contribution >= 4 is 35.0 Å². The van der Waals surface area contributed by atoms with Crippen LogP contribution >= 0.6 is 11.8 Å². The van der Waals surface area contributed by atoms with Crippen molar-refractivity contribution in [1.82, 2.24) is 0 Å². The summed E-state index contributed by atoms with van der Waals surface area (Å²) >= 11 is 1.51. The maximum Gasteiger partial charge on any atom is 0.238 e. The monoisotopic (exact) mass is 386 g/mol. The molecule has 1 atom stereocenters. The van der Waals surface area contributed by atoms with Crippen molar-refractivity contribution in [2.45, 2.75) is 33.1 Å². The minimum absolute atomic E-state index is 0.0432. The van der Waals surface area contributed by atoms with Gasteiger partial charge in [0.05, 0.1) is 5.75 Å². The largest absolute Gasteiger partial charge is 0.326 e. The molecule has 1 N–H and O–H groups in total. The van der Waals surface area contributed by atoms with Gasteiger partial charge in [-0.2, -0.15) is 0 Å². The fraction of sp³-hybridized carbons (Fsp3) is 0.333. The highest BCUT2D eigenvalue weighted by Gasteiger charge is 2.34. The zero-order valence-electron chi connectivity index (χ0n) is 15.9. The van der Waals surface area contributed by atoms with Crippen molar-refractivity contribution in [3.05, 3.63) is 59.4 Å². The Morgan fingerprint density at radius 3 is 2.44 bits per heavy atom. The van der Waals surface area contributed by atoms with Crippen LogP contribution in [0.2, 0.25) is 0 Å². The first-order valence-electron chi connectivity index (χ1n) is 8.78. The van der Waals surface area contributed by atoms with Gasteiger partial charge in [-0.15, -0.1) is 11.8 Å². The van der Waals surface area contributed by atoms with Gasteiger partial charge in [0, 0.05) is 16.8 Å². The molecule has 1 aliphatic rings. The van der Waals surface area contributed by atoms with Crippen molar-refractivity contribution in [1.29, 1.82) is 0 Å². The lowest BCUT2D eigenvalue weighted by atomic mass is 9.95. The zero-order valence-corrected chi connectivity index (χ0v) is 16.7. The molecule has 0 saturated carbocycles. The first-order chi connectivity index (χ1) is 12.7. The van der Waals surface area contributed by atoms with Crippen LogP contribution < -0.4 is 10.2 Å². The molecule has 1 fully saturated rings. The molecule has 0 bridgehead atoms. The number of carbonyl (C=O) groups is 2. The SMILES string of the molecule is Cc1ccc(N2C(=O)CSC2c2ccc(NC(=O)C(C)(C)C)cc2)cc1F. The van der Waals surface area contributed by atoms with Crippen LogP contribution in [0.15, 0.2) is 42.5 Å². The Labute approximate surface area is 163 Å². The summed E-state index contributed by atoms with van der Waals surface area (Å²) in [6, 6.07) is 12.3. The quantitative estimate of drug-likeness (QED) is 0.816. The van der Waals surface area contributed by atoms with Crippen LogP contribution in [0.5, 0.6) is 0 Å². The highest BCUT2D eigenvalue weighted by molar-refractivity contribution is 8.00. The Morgan fingerprint density at radius 1 is 1.19 bits per heavy atom. The first-order valence-corrected chi connectivity index (χ1v) is 9.83. The molecule has 1 unspecified atom stereocenters. The summed E-state index contributed by atoms with van der Waals surface area (Å²) in [5, 5.41) is 2.67. The van der Waals surface area contributed by atoms with Crippen molar-refractivity contribution in [3.8, 4) is 0 Å². The normalized spacial score (nSPS) is 17.3. The third-order valence-electron chi connectivity index (χ3n) is 4.44. The molecule has 0 radical (unpaired) electrons. The van der Waals surface area contributed by atoms with Crippen molar-refractivity contribution in [2.75, 3.05) is 16.0 Å². The minimum atomic E-state index is -0.474. The maximum absolute atomic E-state index is 14.0. The summed E-state index contributed by atoms with van der Waals surface area (Å²) < 4.78 is 14.0. The molecule has 1 heterocycles. The van der Waals surface area contributed by atoms with Gasteiger partial charge in [0.25, 0.3) is 0 Å². The number of nitrogens with one attached hydrogen (secondary N) is 1. The van der Waals surface area contributed by atoms with E-state index in [0.717, 1.165) is 5.56 Å². The van der Waals surface area contributed by atoms with Gasteiger partial charge in [-0.3, -0.25) is 14.5 Å². The molecule has 6 heteroatoms. The fourth-order valence-electron chi connectivity index (χ4n) is 2.73. The van der Waals surface area contributed by atoms with Gasteiger partial charge in [0.15, 0.2) is 0 Å². The Balaban J connectivity index is 1.83. The summed E-state index contributed by atoms with van der Waals surface area (Å²) in [5.41, 5.74) is 2.27. The van der Waals surface area contributed by atoms with Crippen molar-refractivity contribution < 1.29 is 14.0 Å². The number of aryl methyl sites for hydroxylation is 1. The summed E-state index contributed by atoms with van der Waals surface area (Å²) in [6.07, 6.45) is 0. The second-order valence-electron chi connectivity index (χ2n) is 7.69. The highest BCUT2D eigenvalue weighted by atomic mass is 32.2. The van der Waals surface area contributed by atoms with Crippen LogP contribution in [0, 0.1) is 18.2 Å². The van der Waals surface area contributed by atoms with Crippen LogP contribution in [0.25, 0.3) is 0 Å². The number of hydrogen-bond donors (Lipinski definition) is 1. The predicted octanol–water partition coefficient (Wildman–Crippen LogP) is 4.90. The van der Waals surface area contributed by atoms with Crippen molar-refractivity contribution in [3.63, 3.8) is 0 Å². The van der Waals surface area contributed by atoms with E-state index in [2.05, 4.69) is 5.32 Å². The molecule has 2 aromatic carbocycles.